The molecular formula is C37H41F6N7O9S2Si. The number of nitrogens with zero attached hydrogens (tertiary/aromatic N) is 5. The number of ether oxygens (including phenoxy) is 1. The SMILES string of the molecule is CC1=NCC(c2cc3c(=O)n(CS(C)(=O)=O)c(=O)[nH]c3cc2C(F)(F)F)=C1.Cc1cc(-c2cc3c(=O)n(CS(C)(=O)=O)c(=O)[nH]c3cc2C(F)(F)F)n(CCOC[Si](C)(C)C)n1. The maximum atomic E-state index is 14.0. The molecule has 0 saturated carbocycles. The van der Waals surface area contributed by atoms with E-state index in [1.807, 2.05) is 0 Å². The highest BCUT2D eigenvalue weighted by molar-refractivity contribution is 7.89. The largest absolute Gasteiger partial charge is 0.417 e. The van der Waals surface area contributed by atoms with Gasteiger partial charge >= 0.3 is 23.7 Å². The third kappa shape index (κ3) is 11.3. The van der Waals surface area contributed by atoms with Gasteiger partial charge in [-0.1, -0.05) is 19.6 Å². The van der Waals surface area contributed by atoms with Gasteiger partial charge in [-0.15, -0.1) is 0 Å². The van der Waals surface area contributed by atoms with Crippen LogP contribution < -0.4 is 22.5 Å². The number of alkyl halides is 6. The monoisotopic (exact) mass is 933 g/mol. The molecule has 2 N–H and O–H groups in total. The van der Waals surface area contributed by atoms with Gasteiger partial charge in [0.25, 0.3) is 11.1 Å². The van der Waals surface area contributed by atoms with E-state index in [1.54, 1.807) is 13.8 Å². The molecule has 0 aliphatic carbocycles. The third-order valence-corrected chi connectivity index (χ3v) is 11.5. The lowest BCUT2D eigenvalue weighted by Crippen LogP contribution is -2.37. The van der Waals surface area contributed by atoms with Gasteiger partial charge in [0.15, 0.2) is 19.7 Å². The highest BCUT2D eigenvalue weighted by Crippen LogP contribution is 2.40. The van der Waals surface area contributed by atoms with Crippen molar-refractivity contribution in [3.05, 3.63) is 100 Å². The summed E-state index contributed by atoms with van der Waals surface area (Å²) in [6.07, 6.45) is -5.78. The Bertz CT molecular complexity index is 3140. The molecule has 0 radical (unpaired) electrons. The smallest absolute Gasteiger partial charge is 0.383 e. The number of aromatic nitrogens is 6. The van der Waals surface area contributed by atoms with Gasteiger partial charge in [-0.3, -0.25) is 19.3 Å². The summed E-state index contributed by atoms with van der Waals surface area (Å²) < 4.78 is 137. The first-order valence-electron chi connectivity index (χ1n) is 18.3. The van der Waals surface area contributed by atoms with Gasteiger partial charge in [-0.25, -0.2) is 35.6 Å². The normalized spacial score (nSPS) is 14.0. The Morgan fingerprint density at radius 1 is 0.742 bits per heavy atom. The van der Waals surface area contributed by atoms with Crippen molar-refractivity contribution in [3.63, 3.8) is 0 Å². The summed E-state index contributed by atoms with van der Waals surface area (Å²) in [6, 6.07) is 4.88. The number of aromatic amines is 2. The second kappa shape index (κ2) is 17.0. The molecule has 5 aromatic rings. The molecule has 3 aromatic heterocycles. The Hall–Kier alpha value is -5.40. The standard InChI is InChI=1S/C21H27F3N4O5SSi.C16H14F3N3O4S/c1-13-8-18(28(26-13)6-7-33-12-35(3,4)5)14-9-15-17(10-16(14)21(22,23)24)25-20(30)27(19(15)29)11-34(2,31)32;1-8-3-9(6-20-8)10-4-11-13(5-12(10)16(17,18)19)21-15(24)22(14(11)23)7-27(2,25)26/h8-10H,6-7,11-12H2,1-5H3,(H,25,30);3-5H,6-7H2,1-2H3,(H,21,24). The lowest BCUT2D eigenvalue weighted by molar-refractivity contribution is -0.138. The van der Waals surface area contributed by atoms with E-state index >= 15 is 0 Å². The first-order chi connectivity index (χ1) is 28.3. The molecule has 0 saturated heterocycles. The maximum Gasteiger partial charge on any atom is 0.417 e. The lowest BCUT2D eigenvalue weighted by atomic mass is 9.97. The molecule has 1 aliphatic heterocycles. The molecular weight excluding hydrogens is 893 g/mol. The molecule has 0 amide bonds. The van der Waals surface area contributed by atoms with Crippen LogP contribution in [0.2, 0.25) is 19.6 Å². The second-order valence-corrected chi connectivity index (χ2v) is 25.6. The van der Waals surface area contributed by atoms with Crippen molar-refractivity contribution < 1.29 is 47.9 Å². The van der Waals surface area contributed by atoms with Crippen LogP contribution in [-0.2, 0) is 55.1 Å². The molecule has 6 rings (SSSR count). The molecule has 25 heteroatoms. The van der Waals surface area contributed by atoms with Crippen LogP contribution in [0.3, 0.4) is 0 Å². The molecule has 1 aliphatic rings. The summed E-state index contributed by atoms with van der Waals surface area (Å²) in [5.41, 5.74) is -6.07. The van der Waals surface area contributed by atoms with Gasteiger partial charge in [0.1, 0.15) is 11.8 Å². The van der Waals surface area contributed by atoms with Crippen LogP contribution in [0.5, 0.6) is 0 Å². The summed E-state index contributed by atoms with van der Waals surface area (Å²) in [5.74, 6) is -1.78. The van der Waals surface area contributed by atoms with Gasteiger partial charge < -0.3 is 14.7 Å². The number of hydrogen-bond donors (Lipinski definition) is 2. The van der Waals surface area contributed by atoms with E-state index < -0.39 is 85.5 Å². The molecule has 336 valence electrons. The van der Waals surface area contributed by atoms with Crippen LogP contribution in [-0.4, -0.2) is 91.4 Å². The summed E-state index contributed by atoms with van der Waals surface area (Å²) in [4.78, 5) is 58.1. The van der Waals surface area contributed by atoms with E-state index in [0.717, 1.165) is 24.6 Å². The van der Waals surface area contributed by atoms with Crippen molar-refractivity contribution >= 4 is 60.8 Å². The van der Waals surface area contributed by atoms with E-state index in [-0.39, 0.29) is 63.9 Å². The first kappa shape index (κ1) is 47.6. The highest BCUT2D eigenvalue weighted by Gasteiger charge is 2.37. The van der Waals surface area contributed by atoms with Crippen LogP contribution >= 0.6 is 0 Å². The number of hydrogen-bond acceptors (Lipinski definition) is 11. The molecule has 0 bridgehead atoms. The molecule has 16 nitrogen and oxygen atoms in total. The van der Waals surface area contributed by atoms with Gasteiger partial charge in [-0.05, 0) is 61.4 Å². The van der Waals surface area contributed by atoms with E-state index in [1.165, 1.54) is 16.8 Å². The van der Waals surface area contributed by atoms with Crippen LogP contribution in [0, 0.1) is 6.92 Å². The zero-order valence-corrected chi connectivity index (χ0v) is 36.8. The fourth-order valence-electron chi connectivity index (χ4n) is 6.43. The van der Waals surface area contributed by atoms with Crippen LogP contribution in [0.15, 0.2) is 60.6 Å². The van der Waals surface area contributed by atoms with Crippen LogP contribution in [0.25, 0.3) is 38.6 Å². The van der Waals surface area contributed by atoms with E-state index in [2.05, 4.69) is 39.7 Å². The lowest BCUT2D eigenvalue weighted by Gasteiger charge is -2.18. The number of rotatable bonds is 11. The van der Waals surface area contributed by atoms with Crippen LogP contribution in [0.4, 0.5) is 26.3 Å². The van der Waals surface area contributed by atoms with E-state index in [4.69, 9.17) is 4.74 Å². The molecule has 4 heterocycles. The Morgan fingerprint density at radius 3 is 1.63 bits per heavy atom. The quantitative estimate of drug-likeness (QED) is 0.108. The van der Waals surface area contributed by atoms with Gasteiger partial charge in [0, 0.05) is 30.0 Å². The maximum absolute atomic E-state index is 14.0. The minimum atomic E-state index is -4.81. The second-order valence-electron chi connectivity index (χ2n) is 16.0. The predicted molar refractivity (Wildman–Crippen MR) is 223 cm³/mol. The minimum absolute atomic E-state index is 0.0291. The van der Waals surface area contributed by atoms with Crippen LogP contribution in [0.1, 0.15) is 29.3 Å². The van der Waals surface area contributed by atoms with Crippen molar-refractivity contribution in [1.29, 1.82) is 0 Å². The van der Waals surface area contributed by atoms with Crippen molar-refractivity contribution in [2.75, 3.05) is 31.9 Å². The number of fused-ring (bicyclic) bond motifs is 2. The zero-order valence-electron chi connectivity index (χ0n) is 34.2. The fraction of sp³-hybridized carbons (Fsp3) is 0.405. The number of allylic oxidation sites excluding steroid dienone is 1. The van der Waals surface area contributed by atoms with Crippen molar-refractivity contribution in [2.24, 2.45) is 4.99 Å². The van der Waals surface area contributed by atoms with E-state index in [9.17, 15) is 62.4 Å². The Labute approximate surface area is 349 Å². The van der Waals surface area contributed by atoms with E-state index in [0.29, 0.717) is 38.9 Å². The highest BCUT2D eigenvalue weighted by atomic mass is 32.2. The molecule has 0 fully saturated rings. The summed E-state index contributed by atoms with van der Waals surface area (Å²) >= 11 is 0. The number of benzene rings is 2. The molecule has 0 atom stereocenters. The first-order valence-corrected chi connectivity index (χ1v) is 26.1. The number of aryl methyl sites for hydroxylation is 1. The number of nitrogens with one attached hydrogen (secondary N) is 2. The van der Waals surface area contributed by atoms with Crippen molar-refractivity contribution in [3.8, 4) is 11.3 Å². The Kier molecular flexibility index (Phi) is 13.1. The average Bonchev–Trinajstić information content (AvgIpc) is 3.72. The van der Waals surface area contributed by atoms with Gasteiger partial charge in [0.2, 0.25) is 0 Å². The Morgan fingerprint density at radius 2 is 1.21 bits per heavy atom. The number of H-pyrrole nitrogens is 2. The minimum Gasteiger partial charge on any atom is -0.383 e. The zero-order chi connectivity index (χ0) is 46.5. The topological polar surface area (TPSA) is 217 Å². The van der Waals surface area contributed by atoms with Gasteiger partial charge in [0.05, 0.1) is 72.1 Å². The molecule has 62 heavy (non-hydrogen) atoms. The summed E-state index contributed by atoms with van der Waals surface area (Å²) in [6.45, 7) is 10.1. The fourth-order valence-corrected chi connectivity index (χ4v) is 8.59. The van der Waals surface area contributed by atoms with Crippen molar-refractivity contribution in [1.82, 2.24) is 28.9 Å². The predicted octanol–water partition coefficient (Wildman–Crippen LogP) is 4.35. The van der Waals surface area contributed by atoms with Crippen molar-refractivity contribution in [2.45, 2.75) is 64.1 Å². The Balaban J connectivity index is 0.000000242. The molecule has 0 spiro atoms. The number of sulfone groups is 2. The average molecular weight is 934 g/mol. The molecule has 0 unspecified atom stereocenters. The summed E-state index contributed by atoms with van der Waals surface area (Å²) in [5, 5.41) is 3.82. The number of halogens is 6. The summed E-state index contributed by atoms with van der Waals surface area (Å²) in [7, 11) is -8.97. The van der Waals surface area contributed by atoms with Gasteiger partial charge in [-0.2, -0.15) is 31.4 Å². The molecule has 2 aromatic carbocycles. The number of aliphatic imine (C=N–C) groups is 1. The third-order valence-electron chi connectivity index (χ3n) is 8.97.